The molecule has 10 nitrogen and oxygen atoms in total. The summed E-state index contributed by atoms with van der Waals surface area (Å²) in [5, 5.41) is 16.5. The molecule has 0 radical (unpaired) electrons. The van der Waals surface area contributed by atoms with E-state index in [1.807, 2.05) is 35.0 Å². The highest BCUT2D eigenvalue weighted by Crippen LogP contribution is 2.23. The number of anilines is 1. The summed E-state index contributed by atoms with van der Waals surface area (Å²) in [6, 6.07) is 5.79. The average Bonchev–Trinajstić information content (AvgIpc) is 3.27. The molecule has 3 N–H and O–H groups in total. The summed E-state index contributed by atoms with van der Waals surface area (Å²) in [5.41, 5.74) is 3.13. The molecular formula is C19H21N7O3. The van der Waals surface area contributed by atoms with Crippen molar-refractivity contribution in [2.75, 3.05) is 25.0 Å². The van der Waals surface area contributed by atoms with Crippen LogP contribution in [0.3, 0.4) is 0 Å². The third kappa shape index (κ3) is 3.61. The summed E-state index contributed by atoms with van der Waals surface area (Å²) >= 11 is 0. The number of aromatic nitrogens is 4. The number of rotatable bonds is 4. The van der Waals surface area contributed by atoms with Crippen molar-refractivity contribution < 1.29 is 14.8 Å². The number of carbonyl (C=O) groups excluding carboxylic acids is 2. The molecule has 1 aliphatic heterocycles. The maximum atomic E-state index is 13.0. The molecule has 2 aromatic heterocycles. The predicted octanol–water partition coefficient (Wildman–Crippen LogP) is 1.21. The van der Waals surface area contributed by atoms with Crippen LogP contribution in [0.4, 0.5) is 5.95 Å². The van der Waals surface area contributed by atoms with Crippen LogP contribution in [0.25, 0.3) is 10.9 Å². The van der Waals surface area contributed by atoms with Crippen molar-refractivity contribution in [1.82, 2.24) is 30.5 Å². The number of hydroxylamine groups is 1. The largest absolute Gasteiger partial charge is 0.341 e. The van der Waals surface area contributed by atoms with Crippen LogP contribution < -0.4 is 10.4 Å². The molecule has 150 valence electrons. The number of hydrogen-bond donors (Lipinski definition) is 3. The SMILES string of the molecule is CN(c1ncc(C(=O)NO)cn1)C1CCN(C(=O)c2cccc3cn[nH]c23)CC1. The Balaban J connectivity index is 1.40. The van der Waals surface area contributed by atoms with E-state index in [0.717, 1.165) is 23.7 Å². The first kappa shape index (κ1) is 18.8. The number of fused-ring (bicyclic) bond motifs is 1. The fraction of sp³-hybridized carbons (Fsp3) is 0.316. The molecule has 1 saturated heterocycles. The highest BCUT2D eigenvalue weighted by molar-refractivity contribution is 6.05. The second kappa shape index (κ2) is 7.84. The van der Waals surface area contributed by atoms with E-state index in [1.54, 1.807) is 11.7 Å². The zero-order valence-corrected chi connectivity index (χ0v) is 15.9. The van der Waals surface area contributed by atoms with Crippen molar-refractivity contribution in [1.29, 1.82) is 0 Å². The molecule has 3 aromatic rings. The minimum atomic E-state index is -0.654. The number of para-hydroxylation sites is 1. The Morgan fingerprint density at radius 2 is 1.93 bits per heavy atom. The van der Waals surface area contributed by atoms with Gasteiger partial charge in [-0.2, -0.15) is 5.10 Å². The maximum Gasteiger partial charge on any atom is 0.277 e. The number of carbonyl (C=O) groups is 2. The van der Waals surface area contributed by atoms with Crippen molar-refractivity contribution in [3.05, 3.63) is 47.9 Å². The molecule has 0 atom stereocenters. The lowest BCUT2D eigenvalue weighted by atomic mass is 10.0. The molecule has 4 rings (SSSR count). The van der Waals surface area contributed by atoms with Gasteiger partial charge < -0.3 is 9.80 Å². The van der Waals surface area contributed by atoms with Crippen LogP contribution in [0.2, 0.25) is 0 Å². The van der Waals surface area contributed by atoms with E-state index in [1.165, 1.54) is 12.4 Å². The van der Waals surface area contributed by atoms with Crippen molar-refractivity contribution in [3.8, 4) is 0 Å². The second-order valence-electron chi connectivity index (χ2n) is 6.99. The molecular weight excluding hydrogens is 374 g/mol. The fourth-order valence-electron chi connectivity index (χ4n) is 3.62. The molecule has 29 heavy (non-hydrogen) atoms. The maximum absolute atomic E-state index is 13.0. The first-order valence-corrected chi connectivity index (χ1v) is 9.29. The van der Waals surface area contributed by atoms with E-state index in [0.29, 0.717) is 24.6 Å². The number of H-pyrrole nitrogens is 1. The summed E-state index contributed by atoms with van der Waals surface area (Å²) in [6.07, 6.45) is 6.01. The molecule has 3 heterocycles. The Morgan fingerprint density at radius 1 is 1.21 bits per heavy atom. The lowest BCUT2D eigenvalue weighted by Gasteiger charge is -2.36. The van der Waals surface area contributed by atoms with Crippen LogP contribution in [0.15, 0.2) is 36.8 Å². The van der Waals surface area contributed by atoms with Crippen LogP contribution in [-0.4, -0.2) is 68.3 Å². The molecule has 1 aliphatic rings. The van der Waals surface area contributed by atoms with Gasteiger partial charge in [-0.1, -0.05) is 12.1 Å². The van der Waals surface area contributed by atoms with Gasteiger partial charge in [0.15, 0.2) is 0 Å². The molecule has 10 heteroatoms. The Labute approximate surface area is 166 Å². The molecule has 1 fully saturated rings. The zero-order valence-electron chi connectivity index (χ0n) is 15.9. The third-order valence-corrected chi connectivity index (χ3v) is 5.32. The van der Waals surface area contributed by atoms with E-state index >= 15 is 0 Å². The summed E-state index contributed by atoms with van der Waals surface area (Å²) in [6.45, 7) is 1.26. The van der Waals surface area contributed by atoms with Gasteiger partial charge in [0, 0.05) is 44.0 Å². The van der Waals surface area contributed by atoms with Gasteiger partial charge in [0.1, 0.15) is 0 Å². The Kier molecular flexibility index (Phi) is 5.09. The molecule has 0 aliphatic carbocycles. The topological polar surface area (TPSA) is 127 Å². The first-order valence-electron chi connectivity index (χ1n) is 9.29. The van der Waals surface area contributed by atoms with Crippen LogP contribution in [-0.2, 0) is 0 Å². The van der Waals surface area contributed by atoms with Gasteiger partial charge in [0.05, 0.1) is 22.8 Å². The quantitative estimate of drug-likeness (QED) is 0.448. The van der Waals surface area contributed by atoms with Gasteiger partial charge in [-0.15, -0.1) is 0 Å². The second-order valence-corrected chi connectivity index (χ2v) is 6.99. The number of piperidine rings is 1. The van der Waals surface area contributed by atoms with Gasteiger partial charge in [-0.05, 0) is 18.9 Å². The van der Waals surface area contributed by atoms with E-state index in [9.17, 15) is 9.59 Å². The third-order valence-electron chi connectivity index (χ3n) is 5.32. The molecule has 0 spiro atoms. The predicted molar refractivity (Wildman–Crippen MR) is 105 cm³/mol. The molecule has 0 saturated carbocycles. The van der Waals surface area contributed by atoms with Gasteiger partial charge >= 0.3 is 0 Å². The number of nitrogens with zero attached hydrogens (tertiary/aromatic N) is 5. The minimum absolute atomic E-state index is 0.00317. The average molecular weight is 395 g/mol. The normalized spacial score (nSPS) is 14.8. The van der Waals surface area contributed by atoms with Crippen molar-refractivity contribution in [3.63, 3.8) is 0 Å². The number of nitrogens with one attached hydrogen (secondary N) is 2. The van der Waals surface area contributed by atoms with Crippen LogP contribution >= 0.6 is 0 Å². The van der Waals surface area contributed by atoms with Crippen molar-refractivity contribution in [2.45, 2.75) is 18.9 Å². The number of aromatic amines is 1. The van der Waals surface area contributed by atoms with E-state index in [4.69, 9.17) is 5.21 Å². The Bertz CT molecular complexity index is 1030. The van der Waals surface area contributed by atoms with Crippen molar-refractivity contribution in [2.24, 2.45) is 0 Å². The zero-order chi connectivity index (χ0) is 20.4. The van der Waals surface area contributed by atoms with Gasteiger partial charge in [0.2, 0.25) is 5.95 Å². The Hall–Kier alpha value is -3.53. The van der Waals surface area contributed by atoms with E-state index < -0.39 is 5.91 Å². The monoisotopic (exact) mass is 395 g/mol. The molecule has 2 amide bonds. The van der Waals surface area contributed by atoms with Crippen molar-refractivity contribution >= 4 is 28.7 Å². The summed E-state index contributed by atoms with van der Waals surface area (Å²) in [5.74, 6) is -0.165. The van der Waals surface area contributed by atoms with Gasteiger partial charge in [-0.25, -0.2) is 15.4 Å². The minimum Gasteiger partial charge on any atom is -0.341 e. The summed E-state index contributed by atoms with van der Waals surface area (Å²) < 4.78 is 0. The highest BCUT2D eigenvalue weighted by Gasteiger charge is 2.28. The molecule has 0 unspecified atom stereocenters. The van der Waals surface area contributed by atoms with Crippen LogP contribution in [0.1, 0.15) is 33.6 Å². The molecule has 1 aromatic carbocycles. The van der Waals surface area contributed by atoms with Crippen LogP contribution in [0.5, 0.6) is 0 Å². The van der Waals surface area contributed by atoms with Crippen LogP contribution in [0, 0.1) is 0 Å². The standard InChI is InChI=1S/C19H21N7O3/c1-25(19-20-9-13(10-21-19)17(27)24-29)14-5-7-26(8-6-14)18(28)15-4-2-3-12-11-22-23-16(12)15/h2-4,9-11,14,29H,5-8H2,1H3,(H,22,23)(H,24,27). The van der Waals surface area contributed by atoms with Gasteiger partial charge in [-0.3, -0.25) is 19.9 Å². The lowest BCUT2D eigenvalue weighted by molar-refractivity contribution is 0.0703. The summed E-state index contributed by atoms with van der Waals surface area (Å²) in [4.78, 5) is 36.6. The van der Waals surface area contributed by atoms with Gasteiger partial charge in [0.25, 0.3) is 11.8 Å². The summed E-state index contributed by atoms with van der Waals surface area (Å²) in [7, 11) is 1.90. The highest BCUT2D eigenvalue weighted by atomic mass is 16.5. The first-order chi connectivity index (χ1) is 14.1. The number of amides is 2. The number of hydrogen-bond acceptors (Lipinski definition) is 7. The van der Waals surface area contributed by atoms with E-state index in [2.05, 4.69) is 20.2 Å². The fourth-order valence-corrected chi connectivity index (χ4v) is 3.62. The lowest BCUT2D eigenvalue weighted by Crippen LogP contribution is -2.46. The number of likely N-dealkylation sites (tertiary alicyclic amines) is 1. The molecule has 0 bridgehead atoms. The smallest absolute Gasteiger partial charge is 0.277 e. The Morgan fingerprint density at radius 3 is 2.62 bits per heavy atom. The van der Waals surface area contributed by atoms with E-state index in [-0.39, 0.29) is 17.5 Å². The number of benzene rings is 1.